The number of halogens is 6. The second-order valence-electron chi connectivity index (χ2n) is 10.4. The zero-order valence-electron chi connectivity index (χ0n) is 24.4. The number of aliphatic hydroxyl groups is 1. The molecule has 0 bridgehead atoms. The summed E-state index contributed by atoms with van der Waals surface area (Å²) in [7, 11) is 0. The SMILES string of the molecule is CC(C)Oc1ccc(-c2ccnc(-c3ccc(C(N)CO)cc3)n2)cc1C(C)(C)C.O=C(O)C(F)(F)F.O=C(O)C(F)(F)F. The van der Waals surface area contributed by atoms with Crippen molar-refractivity contribution in [3.63, 3.8) is 0 Å². The van der Waals surface area contributed by atoms with E-state index in [1.54, 1.807) is 6.20 Å². The summed E-state index contributed by atoms with van der Waals surface area (Å²) in [4.78, 5) is 27.0. The highest BCUT2D eigenvalue weighted by atomic mass is 19.4. The third-order valence-corrected chi connectivity index (χ3v) is 5.38. The molecule has 1 aromatic heterocycles. The molecule has 3 rings (SSSR count). The Hall–Kier alpha value is -4.24. The number of carboxylic acids is 2. The second-order valence-corrected chi connectivity index (χ2v) is 10.4. The predicted octanol–water partition coefficient (Wildman–Crippen LogP) is 6.15. The summed E-state index contributed by atoms with van der Waals surface area (Å²) in [6.07, 6.45) is -8.27. The summed E-state index contributed by atoms with van der Waals surface area (Å²) >= 11 is 0. The molecule has 0 fully saturated rings. The van der Waals surface area contributed by atoms with E-state index in [1.807, 2.05) is 56.3 Å². The number of aliphatic hydroxyl groups excluding tert-OH is 1. The zero-order chi connectivity index (χ0) is 34.0. The third-order valence-electron chi connectivity index (χ3n) is 5.38. The fourth-order valence-corrected chi connectivity index (χ4v) is 3.28. The van der Waals surface area contributed by atoms with Gasteiger partial charge in [-0.3, -0.25) is 0 Å². The van der Waals surface area contributed by atoms with Crippen LogP contribution in [0.2, 0.25) is 0 Å². The normalized spacial score (nSPS) is 12.3. The minimum Gasteiger partial charge on any atom is -0.491 e. The number of nitrogens with zero attached hydrogens (tertiary/aromatic N) is 2. The second kappa shape index (κ2) is 15.5. The van der Waals surface area contributed by atoms with E-state index in [4.69, 9.17) is 35.3 Å². The molecular formula is C29H33F6N3O6. The van der Waals surface area contributed by atoms with Crippen LogP contribution in [0.25, 0.3) is 22.6 Å². The molecule has 0 spiro atoms. The fraction of sp³-hybridized carbons (Fsp3) is 0.379. The van der Waals surface area contributed by atoms with Crippen LogP contribution in [-0.2, 0) is 15.0 Å². The first kappa shape index (κ1) is 37.8. The van der Waals surface area contributed by atoms with Gasteiger partial charge in [0.25, 0.3) is 0 Å². The Labute approximate surface area is 249 Å². The summed E-state index contributed by atoms with van der Waals surface area (Å²) in [5.74, 6) is -3.96. The van der Waals surface area contributed by atoms with Gasteiger partial charge in [-0.15, -0.1) is 0 Å². The highest BCUT2D eigenvalue weighted by Gasteiger charge is 2.38. The van der Waals surface area contributed by atoms with E-state index in [1.165, 1.54) is 0 Å². The van der Waals surface area contributed by atoms with Gasteiger partial charge in [0.2, 0.25) is 0 Å². The van der Waals surface area contributed by atoms with Crippen LogP contribution in [0, 0.1) is 0 Å². The van der Waals surface area contributed by atoms with Gasteiger partial charge < -0.3 is 25.8 Å². The largest absolute Gasteiger partial charge is 0.491 e. The molecule has 15 heteroatoms. The Bertz CT molecular complexity index is 1360. The molecule has 0 radical (unpaired) electrons. The number of ether oxygens (including phenoxy) is 1. The first-order valence-electron chi connectivity index (χ1n) is 12.8. The molecule has 242 valence electrons. The van der Waals surface area contributed by atoms with Gasteiger partial charge in [-0.2, -0.15) is 26.3 Å². The summed E-state index contributed by atoms with van der Waals surface area (Å²) in [6, 6.07) is 15.5. The number of carboxylic acid groups (broad SMARTS) is 2. The van der Waals surface area contributed by atoms with Crippen LogP contribution < -0.4 is 10.5 Å². The minimum atomic E-state index is -5.08. The number of nitrogens with two attached hydrogens (primary N) is 1. The van der Waals surface area contributed by atoms with E-state index in [2.05, 4.69) is 31.8 Å². The highest BCUT2D eigenvalue weighted by Crippen LogP contribution is 2.35. The van der Waals surface area contributed by atoms with Gasteiger partial charge in [0.1, 0.15) is 5.75 Å². The molecule has 1 heterocycles. The molecule has 0 aliphatic carbocycles. The van der Waals surface area contributed by atoms with Crippen LogP contribution >= 0.6 is 0 Å². The Morgan fingerprint density at radius 1 is 0.864 bits per heavy atom. The average molecular weight is 634 g/mol. The number of aromatic nitrogens is 2. The van der Waals surface area contributed by atoms with E-state index in [-0.39, 0.29) is 24.2 Å². The first-order valence-corrected chi connectivity index (χ1v) is 12.8. The fourth-order valence-electron chi connectivity index (χ4n) is 3.28. The maximum Gasteiger partial charge on any atom is 0.490 e. The number of rotatable bonds is 6. The van der Waals surface area contributed by atoms with Gasteiger partial charge in [-0.05, 0) is 49.1 Å². The molecule has 1 atom stereocenters. The smallest absolute Gasteiger partial charge is 0.490 e. The van der Waals surface area contributed by atoms with Crippen molar-refractivity contribution in [1.82, 2.24) is 9.97 Å². The van der Waals surface area contributed by atoms with Crippen LogP contribution in [-0.4, -0.2) is 62.3 Å². The number of alkyl halides is 6. The van der Waals surface area contributed by atoms with Gasteiger partial charge in [0.15, 0.2) is 5.82 Å². The van der Waals surface area contributed by atoms with Crippen molar-refractivity contribution in [2.75, 3.05) is 6.61 Å². The van der Waals surface area contributed by atoms with Crippen molar-refractivity contribution in [2.24, 2.45) is 5.73 Å². The standard InChI is InChI=1S/C25H31N3O2.2C2HF3O2/c1-16(2)30-23-11-10-19(14-20(23)25(3,4)5)22-12-13-27-24(28-22)18-8-6-17(7-9-18)21(26)15-29;2*3-2(4,5)1(6)7/h6-14,16,21,29H,15,26H2,1-5H3;2*(H,6,7). The van der Waals surface area contributed by atoms with Gasteiger partial charge in [0.05, 0.1) is 24.4 Å². The number of hydrogen-bond donors (Lipinski definition) is 4. The van der Waals surface area contributed by atoms with Crippen LogP contribution in [0.4, 0.5) is 26.3 Å². The van der Waals surface area contributed by atoms with Crippen LogP contribution in [0.15, 0.2) is 54.7 Å². The Morgan fingerprint density at radius 2 is 1.34 bits per heavy atom. The summed E-state index contributed by atoms with van der Waals surface area (Å²) in [6.45, 7) is 10.5. The van der Waals surface area contributed by atoms with Gasteiger partial charge in [-0.25, -0.2) is 19.6 Å². The van der Waals surface area contributed by atoms with Crippen molar-refractivity contribution in [2.45, 2.75) is 64.5 Å². The Balaban J connectivity index is 0.000000574. The number of hydrogen-bond acceptors (Lipinski definition) is 7. The van der Waals surface area contributed by atoms with E-state index < -0.39 is 24.3 Å². The maximum absolute atomic E-state index is 10.6. The van der Waals surface area contributed by atoms with Gasteiger partial charge in [0, 0.05) is 22.9 Å². The number of aliphatic carboxylic acids is 2. The lowest BCUT2D eigenvalue weighted by Gasteiger charge is -2.25. The Morgan fingerprint density at radius 3 is 1.75 bits per heavy atom. The number of carbonyl (C=O) groups is 2. The molecule has 0 saturated heterocycles. The molecule has 2 aromatic carbocycles. The molecular weight excluding hydrogens is 600 g/mol. The quantitative estimate of drug-likeness (QED) is 0.234. The maximum atomic E-state index is 10.6. The van der Waals surface area contributed by atoms with E-state index in [9.17, 15) is 31.4 Å². The molecule has 0 amide bonds. The molecule has 5 N–H and O–H groups in total. The van der Waals surface area contributed by atoms with E-state index in [0.29, 0.717) is 5.82 Å². The van der Waals surface area contributed by atoms with Crippen molar-refractivity contribution < 1.29 is 56.0 Å². The van der Waals surface area contributed by atoms with Gasteiger partial charge >= 0.3 is 24.3 Å². The monoisotopic (exact) mass is 633 g/mol. The molecule has 1 unspecified atom stereocenters. The molecule has 0 saturated carbocycles. The van der Waals surface area contributed by atoms with E-state index >= 15 is 0 Å². The lowest BCUT2D eigenvalue weighted by atomic mass is 9.85. The highest BCUT2D eigenvalue weighted by molar-refractivity contribution is 5.73. The topological polar surface area (TPSA) is 156 Å². The van der Waals surface area contributed by atoms with Crippen molar-refractivity contribution >= 4 is 11.9 Å². The van der Waals surface area contributed by atoms with Crippen LogP contribution in [0.3, 0.4) is 0 Å². The Kier molecular flexibility index (Phi) is 13.3. The summed E-state index contributed by atoms with van der Waals surface area (Å²) in [5.41, 5.74) is 10.6. The molecule has 0 aliphatic heterocycles. The minimum absolute atomic E-state index is 0.0581. The molecule has 3 aromatic rings. The first-order chi connectivity index (χ1) is 20.1. The zero-order valence-corrected chi connectivity index (χ0v) is 24.4. The summed E-state index contributed by atoms with van der Waals surface area (Å²) in [5, 5.41) is 23.5. The van der Waals surface area contributed by atoms with Crippen molar-refractivity contribution in [3.05, 3.63) is 65.9 Å². The van der Waals surface area contributed by atoms with E-state index in [0.717, 1.165) is 33.7 Å². The van der Waals surface area contributed by atoms with Crippen LogP contribution in [0.1, 0.15) is 51.8 Å². The third kappa shape index (κ3) is 12.2. The average Bonchev–Trinajstić information content (AvgIpc) is 2.91. The molecule has 44 heavy (non-hydrogen) atoms. The van der Waals surface area contributed by atoms with Crippen LogP contribution in [0.5, 0.6) is 5.75 Å². The lowest BCUT2D eigenvalue weighted by Crippen LogP contribution is -2.21. The predicted molar refractivity (Wildman–Crippen MR) is 149 cm³/mol. The molecule has 0 aliphatic rings. The van der Waals surface area contributed by atoms with Crippen molar-refractivity contribution in [3.8, 4) is 28.4 Å². The lowest BCUT2D eigenvalue weighted by molar-refractivity contribution is -0.193. The van der Waals surface area contributed by atoms with Gasteiger partial charge in [-0.1, -0.05) is 45.0 Å². The summed E-state index contributed by atoms with van der Waals surface area (Å²) < 4.78 is 69.5. The van der Waals surface area contributed by atoms with Crippen molar-refractivity contribution in [1.29, 1.82) is 0 Å². The number of benzene rings is 2. The molecule has 9 nitrogen and oxygen atoms in total.